The number of nitrogens with zero attached hydrogens (tertiary/aromatic N) is 5. The number of hydrogen-bond donors (Lipinski definition) is 3. The molecular weight excluding hydrogens is 444 g/mol. The Kier molecular flexibility index (Phi) is 6.04. The smallest absolute Gasteiger partial charge is 0.231 e. The zero-order chi connectivity index (χ0) is 23.5. The fraction of sp³-hybridized carbons (Fsp3) is 0.320. The number of benzene rings is 2. The van der Waals surface area contributed by atoms with Gasteiger partial charge in [-0.2, -0.15) is 9.97 Å². The quantitative estimate of drug-likeness (QED) is 0.389. The van der Waals surface area contributed by atoms with Crippen LogP contribution >= 0.6 is 0 Å². The minimum Gasteiger partial charge on any atom is -0.378 e. The summed E-state index contributed by atoms with van der Waals surface area (Å²) in [4.78, 5) is 21.4. The molecule has 35 heavy (non-hydrogen) atoms. The van der Waals surface area contributed by atoms with Gasteiger partial charge >= 0.3 is 0 Å². The van der Waals surface area contributed by atoms with Gasteiger partial charge in [-0.1, -0.05) is 0 Å². The van der Waals surface area contributed by atoms with Crippen LogP contribution in [0.25, 0.3) is 11.2 Å². The van der Waals surface area contributed by atoms with Gasteiger partial charge in [-0.15, -0.1) is 0 Å². The number of H-pyrrole nitrogens is 1. The summed E-state index contributed by atoms with van der Waals surface area (Å²) in [6.07, 6.45) is 1.63. The Labute approximate surface area is 203 Å². The highest BCUT2D eigenvalue weighted by Crippen LogP contribution is 2.27. The van der Waals surface area contributed by atoms with Gasteiger partial charge in [-0.3, -0.25) is 0 Å². The number of nitrogens with one attached hydrogen (secondary N) is 3. The van der Waals surface area contributed by atoms with Gasteiger partial charge < -0.3 is 34.9 Å². The van der Waals surface area contributed by atoms with E-state index in [1.54, 1.807) is 6.33 Å². The summed E-state index contributed by atoms with van der Waals surface area (Å²) in [6.45, 7) is 6.72. The molecule has 2 aliphatic heterocycles. The first kappa shape index (κ1) is 21.6. The highest BCUT2D eigenvalue weighted by atomic mass is 16.5. The second-order valence-corrected chi connectivity index (χ2v) is 8.54. The van der Waals surface area contributed by atoms with E-state index in [-0.39, 0.29) is 0 Å². The standard InChI is InChI=1S/C25H28N8O2/c1-5-20(32-9-13-34-14-10-32)6-2-18(1)28-24-22-23(27-17-26-22)30-25(31-24)29-19-3-7-21(8-4-19)33-11-15-35-16-12-33/h1-8,17H,9-16H2,(H3,26,27,28,29,30,31). The third kappa shape index (κ3) is 4.84. The lowest BCUT2D eigenvalue weighted by Crippen LogP contribution is -2.36. The highest BCUT2D eigenvalue weighted by molar-refractivity contribution is 5.86. The van der Waals surface area contributed by atoms with Gasteiger partial charge in [-0.05, 0) is 48.5 Å². The number of aromatic nitrogens is 4. The molecule has 0 amide bonds. The highest BCUT2D eigenvalue weighted by Gasteiger charge is 2.14. The first-order valence-electron chi connectivity index (χ1n) is 11.9. The van der Waals surface area contributed by atoms with Crippen molar-refractivity contribution in [2.75, 3.05) is 73.0 Å². The molecule has 4 aromatic rings. The number of fused-ring (bicyclic) bond motifs is 1. The van der Waals surface area contributed by atoms with Gasteiger partial charge in [0.15, 0.2) is 11.5 Å². The number of rotatable bonds is 6. The predicted molar refractivity (Wildman–Crippen MR) is 137 cm³/mol. The predicted octanol–water partition coefficient (Wildman–Crippen LogP) is 3.51. The van der Waals surface area contributed by atoms with Crippen molar-refractivity contribution in [3.8, 4) is 0 Å². The number of hydrogen-bond acceptors (Lipinski definition) is 9. The fourth-order valence-electron chi connectivity index (χ4n) is 4.40. The van der Waals surface area contributed by atoms with Gasteiger partial charge in [0.25, 0.3) is 0 Å². The van der Waals surface area contributed by atoms with Crippen LogP contribution in [0, 0.1) is 0 Å². The van der Waals surface area contributed by atoms with Crippen molar-refractivity contribution in [3.05, 3.63) is 54.9 Å². The molecule has 0 bridgehead atoms. The maximum atomic E-state index is 5.45. The molecule has 0 radical (unpaired) electrons. The normalized spacial score (nSPS) is 16.5. The van der Waals surface area contributed by atoms with Gasteiger partial charge in [0, 0.05) is 48.9 Å². The molecule has 3 N–H and O–H groups in total. The lowest BCUT2D eigenvalue weighted by atomic mass is 10.2. The van der Waals surface area contributed by atoms with Crippen LogP contribution in [-0.4, -0.2) is 72.5 Å². The molecule has 10 nitrogen and oxygen atoms in total. The number of ether oxygens (including phenoxy) is 2. The number of morpholine rings is 2. The summed E-state index contributed by atoms with van der Waals surface area (Å²) >= 11 is 0. The molecule has 2 aromatic heterocycles. The number of imidazole rings is 1. The molecule has 2 fully saturated rings. The molecule has 4 heterocycles. The molecule has 2 aromatic carbocycles. The van der Waals surface area contributed by atoms with E-state index < -0.39 is 0 Å². The SMILES string of the molecule is c1nc2nc(Nc3ccc(N4CCOCC4)cc3)nc(Nc3ccc(N4CCOCC4)cc3)c2[nH]1. The first-order chi connectivity index (χ1) is 17.3. The molecule has 0 atom stereocenters. The maximum absolute atomic E-state index is 5.45. The Balaban J connectivity index is 1.19. The zero-order valence-corrected chi connectivity index (χ0v) is 19.4. The molecular formula is C25H28N8O2. The van der Waals surface area contributed by atoms with Crippen molar-refractivity contribution in [1.29, 1.82) is 0 Å². The number of anilines is 6. The molecule has 10 heteroatoms. The minimum absolute atomic E-state index is 0.483. The Morgan fingerprint density at radius 1 is 0.686 bits per heavy atom. The number of aromatic amines is 1. The Morgan fingerprint density at radius 2 is 1.23 bits per heavy atom. The Bertz CT molecular complexity index is 1260. The van der Waals surface area contributed by atoms with E-state index in [4.69, 9.17) is 14.5 Å². The van der Waals surface area contributed by atoms with Crippen molar-refractivity contribution < 1.29 is 9.47 Å². The van der Waals surface area contributed by atoms with E-state index in [0.29, 0.717) is 17.4 Å². The summed E-state index contributed by atoms with van der Waals surface area (Å²) in [7, 11) is 0. The Hall–Kier alpha value is -3.89. The largest absolute Gasteiger partial charge is 0.378 e. The summed E-state index contributed by atoms with van der Waals surface area (Å²) in [6, 6.07) is 16.7. The van der Waals surface area contributed by atoms with Crippen molar-refractivity contribution >= 4 is 45.7 Å². The van der Waals surface area contributed by atoms with Gasteiger partial charge in [0.2, 0.25) is 5.95 Å². The monoisotopic (exact) mass is 472 g/mol. The minimum atomic E-state index is 0.483. The summed E-state index contributed by atoms with van der Waals surface area (Å²) < 4.78 is 10.9. The summed E-state index contributed by atoms with van der Waals surface area (Å²) in [5, 5.41) is 6.73. The van der Waals surface area contributed by atoms with Crippen molar-refractivity contribution in [2.45, 2.75) is 0 Å². The van der Waals surface area contributed by atoms with Crippen LogP contribution in [0.2, 0.25) is 0 Å². The van der Waals surface area contributed by atoms with Crippen LogP contribution < -0.4 is 20.4 Å². The average molecular weight is 473 g/mol. The van der Waals surface area contributed by atoms with Crippen LogP contribution in [0.1, 0.15) is 0 Å². The van der Waals surface area contributed by atoms with Crippen LogP contribution in [-0.2, 0) is 9.47 Å². The molecule has 0 spiro atoms. The van der Waals surface area contributed by atoms with Crippen molar-refractivity contribution in [2.24, 2.45) is 0 Å². The van der Waals surface area contributed by atoms with E-state index in [1.165, 1.54) is 11.4 Å². The van der Waals surface area contributed by atoms with E-state index in [2.05, 4.69) is 71.8 Å². The topological polar surface area (TPSA) is 103 Å². The van der Waals surface area contributed by atoms with Gasteiger partial charge in [0.1, 0.15) is 5.52 Å². The molecule has 0 unspecified atom stereocenters. The molecule has 0 aliphatic carbocycles. The van der Waals surface area contributed by atoms with Gasteiger partial charge in [0.05, 0.1) is 32.8 Å². The first-order valence-corrected chi connectivity index (χ1v) is 11.9. The molecule has 2 saturated heterocycles. The van der Waals surface area contributed by atoms with Crippen LogP contribution in [0.3, 0.4) is 0 Å². The maximum Gasteiger partial charge on any atom is 0.231 e. The van der Waals surface area contributed by atoms with Crippen LogP contribution in [0.15, 0.2) is 54.9 Å². The summed E-state index contributed by atoms with van der Waals surface area (Å²) in [5.41, 5.74) is 5.59. The van der Waals surface area contributed by atoms with E-state index >= 15 is 0 Å². The van der Waals surface area contributed by atoms with Crippen molar-refractivity contribution in [1.82, 2.24) is 19.9 Å². The van der Waals surface area contributed by atoms with Crippen molar-refractivity contribution in [3.63, 3.8) is 0 Å². The van der Waals surface area contributed by atoms with Crippen LogP contribution in [0.4, 0.5) is 34.5 Å². The lowest BCUT2D eigenvalue weighted by Gasteiger charge is -2.29. The summed E-state index contributed by atoms with van der Waals surface area (Å²) in [5.74, 6) is 1.15. The third-order valence-electron chi connectivity index (χ3n) is 6.29. The second-order valence-electron chi connectivity index (χ2n) is 8.54. The fourth-order valence-corrected chi connectivity index (χ4v) is 4.40. The van der Waals surface area contributed by atoms with Crippen LogP contribution in [0.5, 0.6) is 0 Å². The lowest BCUT2D eigenvalue weighted by molar-refractivity contribution is 0.122. The molecule has 6 rings (SSSR count). The molecule has 180 valence electrons. The van der Waals surface area contributed by atoms with E-state index in [1.807, 2.05) is 12.1 Å². The molecule has 0 saturated carbocycles. The van der Waals surface area contributed by atoms with E-state index in [9.17, 15) is 0 Å². The molecule has 2 aliphatic rings. The Morgan fingerprint density at radius 3 is 1.80 bits per heavy atom. The van der Waals surface area contributed by atoms with Gasteiger partial charge in [-0.25, -0.2) is 4.98 Å². The second kappa shape index (κ2) is 9.77. The third-order valence-corrected chi connectivity index (χ3v) is 6.29. The van der Waals surface area contributed by atoms with E-state index in [0.717, 1.165) is 69.5 Å². The zero-order valence-electron chi connectivity index (χ0n) is 19.4. The average Bonchev–Trinajstić information content (AvgIpc) is 3.40.